The molecular formula is C30H22N2O6S. The molecule has 1 unspecified atom stereocenters. The Kier molecular flexibility index (Phi) is 7.51. The third-order valence-electron chi connectivity index (χ3n) is 6.30. The highest BCUT2D eigenvalue weighted by molar-refractivity contribution is 7.99. The molecule has 0 saturated carbocycles. The molecule has 0 spiro atoms. The van der Waals surface area contributed by atoms with Crippen molar-refractivity contribution in [3.05, 3.63) is 142 Å². The number of amides is 2. The summed E-state index contributed by atoms with van der Waals surface area (Å²) < 4.78 is 5.54. The Labute approximate surface area is 228 Å². The van der Waals surface area contributed by atoms with E-state index in [-0.39, 0.29) is 33.6 Å². The summed E-state index contributed by atoms with van der Waals surface area (Å²) in [7, 11) is 0. The standard InChI is InChI=1S/C30H22N2O6S/c33-28-24-13-7-8-14-25(24)29(34)31(28)26(30(35)38-23-17-15-22(16-18-23)32(36)37)19-39-27(20-9-3-1-4-10-20)21-11-5-2-6-12-21/h1-18,26-27H,19H2. The number of rotatable bonds is 9. The fraction of sp³-hybridized carbons (Fsp3) is 0.100. The molecule has 1 aliphatic heterocycles. The first-order chi connectivity index (χ1) is 18.9. The number of fused-ring (bicyclic) bond motifs is 1. The average molecular weight is 539 g/mol. The molecule has 2 amide bonds. The number of nitrogens with zero attached hydrogens (tertiary/aromatic N) is 2. The third-order valence-corrected chi connectivity index (χ3v) is 7.69. The summed E-state index contributed by atoms with van der Waals surface area (Å²) in [5.41, 5.74) is 2.29. The minimum absolute atomic E-state index is 0.0612. The van der Waals surface area contributed by atoms with Gasteiger partial charge in [0.1, 0.15) is 11.8 Å². The lowest BCUT2D eigenvalue weighted by Gasteiger charge is -2.26. The van der Waals surface area contributed by atoms with Crippen molar-refractivity contribution in [1.29, 1.82) is 0 Å². The lowest BCUT2D eigenvalue weighted by atomic mass is 10.0. The van der Waals surface area contributed by atoms with E-state index < -0.39 is 28.7 Å². The Bertz CT molecular complexity index is 1450. The molecule has 1 aliphatic rings. The van der Waals surface area contributed by atoms with Crippen LogP contribution in [0.25, 0.3) is 0 Å². The van der Waals surface area contributed by atoms with Crippen LogP contribution in [0.1, 0.15) is 37.1 Å². The summed E-state index contributed by atoms with van der Waals surface area (Å²) >= 11 is 1.41. The van der Waals surface area contributed by atoms with Crippen molar-refractivity contribution >= 4 is 35.2 Å². The fourth-order valence-electron chi connectivity index (χ4n) is 4.39. The lowest BCUT2D eigenvalue weighted by molar-refractivity contribution is -0.384. The number of non-ortho nitro benzene ring substituents is 1. The molecule has 0 saturated heterocycles. The van der Waals surface area contributed by atoms with Gasteiger partial charge in [0.2, 0.25) is 0 Å². The zero-order chi connectivity index (χ0) is 27.4. The summed E-state index contributed by atoms with van der Waals surface area (Å²) in [6, 6.07) is 29.7. The third kappa shape index (κ3) is 5.44. The van der Waals surface area contributed by atoms with Gasteiger partial charge in [-0.25, -0.2) is 4.79 Å². The van der Waals surface area contributed by atoms with Crippen LogP contribution in [0.5, 0.6) is 5.75 Å². The molecule has 194 valence electrons. The molecule has 1 heterocycles. The Morgan fingerprint density at radius 3 is 1.74 bits per heavy atom. The number of carbonyl (C=O) groups excluding carboxylic acids is 3. The van der Waals surface area contributed by atoms with Gasteiger partial charge < -0.3 is 4.74 Å². The first-order valence-corrected chi connectivity index (χ1v) is 13.1. The van der Waals surface area contributed by atoms with Crippen LogP contribution in [0.4, 0.5) is 5.69 Å². The van der Waals surface area contributed by atoms with Gasteiger partial charge in [-0.1, -0.05) is 72.8 Å². The number of ether oxygens (including phenoxy) is 1. The number of nitro benzene ring substituents is 1. The van der Waals surface area contributed by atoms with E-state index in [9.17, 15) is 24.5 Å². The van der Waals surface area contributed by atoms with E-state index in [4.69, 9.17) is 4.74 Å². The fourth-order valence-corrected chi connectivity index (χ4v) is 5.75. The molecule has 9 heteroatoms. The Balaban J connectivity index is 1.46. The van der Waals surface area contributed by atoms with E-state index >= 15 is 0 Å². The van der Waals surface area contributed by atoms with Gasteiger partial charge in [0, 0.05) is 17.9 Å². The van der Waals surface area contributed by atoms with Crippen LogP contribution >= 0.6 is 11.8 Å². The predicted molar refractivity (Wildman–Crippen MR) is 147 cm³/mol. The van der Waals surface area contributed by atoms with Crippen LogP contribution in [0.2, 0.25) is 0 Å². The normalized spacial score (nSPS) is 13.3. The minimum atomic E-state index is -1.24. The molecule has 0 radical (unpaired) electrons. The summed E-state index contributed by atoms with van der Waals surface area (Å²) in [6.07, 6.45) is 0. The van der Waals surface area contributed by atoms with Gasteiger partial charge in [-0.15, -0.1) is 11.8 Å². The first-order valence-electron chi connectivity index (χ1n) is 12.1. The van der Waals surface area contributed by atoms with Crippen molar-refractivity contribution in [1.82, 2.24) is 4.90 Å². The second-order valence-electron chi connectivity index (χ2n) is 8.75. The monoisotopic (exact) mass is 538 g/mol. The van der Waals surface area contributed by atoms with Gasteiger partial charge in [-0.3, -0.25) is 24.6 Å². The summed E-state index contributed by atoms with van der Waals surface area (Å²) in [6.45, 7) is 0. The van der Waals surface area contributed by atoms with Gasteiger partial charge in [-0.2, -0.15) is 0 Å². The highest BCUT2D eigenvalue weighted by Crippen LogP contribution is 2.37. The van der Waals surface area contributed by atoms with E-state index in [0.717, 1.165) is 16.0 Å². The Morgan fingerprint density at radius 2 is 1.26 bits per heavy atom. The Morgan fingerprint density at radius 1 is 0.769 bits per heavy atom. The number of esters is 1. The number of carbonyl (C=O) groups is 3. The van der Waals surface area contributed by atoms with Crippen molar-refractivity contribution in [2.75, 3.05) is 5.75 Å². The number of nitro groups is 1. The molecule has 4 aromatic carbocycles. The Hall–Kier alpha value is -4.76. The summed E-state index contributed by atoms with van der Waals surface area (Å²) in [5, 5.41) is 10.8. The molecule has 0 bridgehead atoms. The topological polar surface area (TPSA) is 107 Å². The van der Waals surface area contributed by atoms with Gasteiger partial charge in [0.05, 0.1) is 21.3 Å². The van der Waals surface area contributed by atoms with E-state index in [1.165, 1.54) is 36.0 Å². The van der Waals surface area contributed by atoms with Gasteiger partial charge in [0.25, 0.3) is 17.5 Å². The maximum Gasteiger partial charge on any atom is 0.335 e. The van der Waals surface area contributed by atoms with Crippen LogP contribution in [-0.4, -0.2) is 39.4 Å². The minimum Gasteiger partial charge on any atom is -0.425 e. The maximum atomic E-state index is 13.5. The van der Waals surface area contributed by atoms with Crippen LogP contribution < -0.4 is 4.74 Å². The lowest BCUT2D eigenvalue weighted by Crippen LogP contribution is -2.48. The second-order valence-corrected chi connectivity index (χ2v) is 9.89. The van der Waals surface area contributed by atoms with Crippen LogP contribution in [0, 0.1) is 10.1 Å². The SMILES string of the molecule is O=C(Oc1ccc([N+](=O)[O-])cc1)C(CSC(c1ccccc1)c1ccccc1)N1C(=O)c2ccccc2C1=O. The van der Waals surface area contributed by atoms with Gasteiger partial charge >= 0.3 is 5.97 Å². The van der Waals surface area contributed by atoms with E-state index in [1.54, 1.807) is 24.3 Å². The number of hydrogen-bond donors (Lipinski definition) is 0. The largest absolute Gasteiger partial charge is 0.425 e. The van der Waals surface area contributed by atoms with E-state index in [2.05, 4.69) is 0 Å². The van der Waals surface area contributed by atoms with E-state index in [1.807, 2.05) is 60.7 Å². The van der Waals surface area contributed by atoms with Crippen molar-refractivity contribution in [2.24, 2.45) is 0 Å². The van der Waals surface area contributed by atoms with Crippen LogP contribution in [0.3, 0.4) is 0 Å². The molecule has 39 heavy (non-hydrogen) atoms. The molecule has 0 fully saturated rings. The molecule has 5 rings (SSSR count). The van der Waals surface area contributed by atoms with E-state index in [0.29, 0.717) is 0 Å². The predicted octanol–water partition coefficient (Wildman–Crippen LogP) is 5.69. The number of imide groups is 1. The van der Waals surface area contributed by atoms with Crippen LogP contribution in [0.15, 0.2) is 109 Å². The highest BCUT2D eigenvalue weighted by atomic mass is 32.2. The summed E-state index contributed by atoms with van der Waals surface area (Å²) in [4.78, 5) is 51.6. The van der Waals surface area contributed by atoms with Crippen molar-refractivity contribution in [3.63, 3.8) is 0 Å². The number of benzene rings is 4. The van der Waals surface area contributed by atoms with Crippen molar-refractivity contribution in [3.8, 4) is 5.75 Å². The molecular weight excluding hydrogens is 516 g/mol. The zero-order valence-corrected chi connectivity index (χ0v) is 21.3. The molecule has 0 N–H and O–H groups in total. The van der Waals surface area contributed by atoms with Crippen molar-refractivity contribution in [2.45, 2.75) is 11.3 Å². The smallest absolute Gasteiger partial charge is 0.335 e. The maximum absolute atomic E-state index is 13.5. The average Bonchev–Trinajstić information content (AvgIpc) is 3.22. The molecule has 0 aromatic heterocycles. The molecule has 0 aliphatic carbocycles. The molecule has 8 nitrogen and oxygen atoms in total. The highest BCUT2D eigenvalue weighted by Gasteiger charge is 2.44. The number of thioether (sulfide) groups is 1. The molecule has 4 aromatic rings. The molecule has 1 atom stereocenters. The van der Waals surface area contributed by atoms with Crippen molar-refractivity contribution < 1.29 is 24.0 Å². The van der Waals surface area contributed by atoms with Crippen LogP contribution in [-0.2, 0) is 4.79 Å². The summed E-state index contributed by atoms with van der Waals surface area (Å²) in [5.74, 6) is -1.83. The quantitative estimate of drug-likeness (QED) is 0.0886. The van der Waals surface area contributed by atoms with Gasteiger partial charge in [0.15, 0.2) is 0 Å². The second kappa shape index (κ2) is 11.3. The van der Waals surface area contributed by atoms with Gasteiger partial charge in [-0.05, 0) is 35.4 Å². The first kappa shape index (κ1) is 25.9. The number of hydrogen-bond acceptors (Lipinski definition) is 7. The zero-order valence-electron chi connectivity index (χ0n) is 20.5.